The van der Waals surface area contributed by atoms with Gasteiger partial charge in [0.1, 0.15) is 6.04 Å². The fraction of sp³-hybridized carbons (Fsp3) is 0.545. The monoisotopic (exact) mass is 257 g/mol. The third kappa shape index (κ3) is 6.51. The molecule has 102 valence electrons. The highest BCUT2D eigenvalue weighted by atomic mass is 16.4. The molecule has 18 heavy (non-hydrogen) atoms. The Balaban J connectivity index is 3.99. The van der Waals surface area contributed by atoms with E-state index >= 15 is 0 Å². The summed E-state index contributed by atoms with van der Waals surface area (Å²) >= 11 is 0. The Bertz CT molecular complexity index is 328. The number of carbonyl (C=O) groups excluding carboxylic acids is 2. The lowest BCUT2D eigenvalue weighted by Gasteiger charge is -2.14. The van der Waals surface area contributed by atoms with Gasteiger partial charge in [-0.2, -0.15) is 0 Å². The van der Waals surface area contributed by atoms with Crippen molar-refractivity contribution < 1.29 is 19.5 Å². The predicted octanol–water partition coefficient (Wildman–Crippen LogP) is -0.207. The molecule has 0 rings (SSSR count). The first-order chi connectivity index (χ1) is 8.38. The van der Waals surface area contributed by atoms with E-state index < -0.39 is 18.0 Å². The molecule has 0 aliphatic heterocycles. The van der Waals surface area contributed by atoms with Crippen LogP contribution in [0.3, 0.4) is 0 Å². The maximum absolute atomic E-state index is 11.3. The summed E-state index contributed by atoms with van der Waals surface area (Å²) in [7, 11) is 3.24. The van der Waals surface area contributed by atoms with Crippen LogP contribution >= 0.6 is 0 Å². The standard InChI is InChI=1S/C11H19N3O4/c1-4-5-8(10(16)17)13-11(18)12-7-6-9(15)14(2)3/h4,8H,1,5-7H2,2-3H3,(H,16,17)(H2,12,13,18). The molecule has 0 heterocycles. The van der Waals surface area contributed by atoms with Crippen LogP contribution < -0.4 is 10.6 Å². The SMILES string of the molecule is C=CCC(NC(=O)NCCC(=O)N(C)C)C(=O)O. The van der Waals surface area contributed by atoms with E-state index in [9.17, 15) is 14.4 Å². The Labute approximate surface area is 106 Å². The van der Waals surface area contributed by atoms with Gasteiger partial charge in [-0.3, -0.25) is 4.79 Å². The van der Waals surface area contributed by atoms with Crippen LogP contribution in [-0.4, -0.2) is 54.6 Å². The van der Waals surface area contributed by atoms with E-state index in [0.717, 1.165) is 0 Å². The summed E-state index contributed by atoms with van der Waals surface area (Å²) in [5.74, 6) is -1.24. The summed E-state index contributed by atoms with van der Waals surface area (Å²) in [6.07, 6.45) is 1.72. The number of aliphatic carboxylic acids is 1. The number of rotatable bonds is 7. The van der Waals surface area contributed by atoms with Gasteiger partial charge in [0, 0.05) is 27.1 Å². The Morgan fingerprint density at radius 3 is 2.44 bits per heavy atom. The Hall–Kier alpha value is -2.05. The maximum atomic E-state index is 11.3. The number of hydrogen-bond donors (Lipinski definition) is 3. The van der Waals surface area contributed by atoms with Gasteiger partial charge in [-0.15, -0.1) is 6.58 Å². The average Bonchev–Trinajstić information content (AvgIpc) is 2.27. The molecule has 0 aliphatic rings. The minimum Gasteiger partial charge on any atom is -0.480 e. The van der Waals surface area contributed by atoms with E-state index in [-0.39, 0.29) is 25.3 Å². The molecule has 0 aliphatic carbocycles. The predicted molar refractivity (Wildman–Crippen MR) is 66.1 cm³/mol. The molecule has 1 unspecified atom stereocenters. The third-order valence-electron chi connectivity index (χ3n) is 2.13. The molecular weight excluding hydrogens is 238 g/mol. The van der Waals surface area contributed by atoms with Crippen molar-refractivity contribution in [3.63, 3.8) is 0 Å². The minimum absolute atomic E-state index is 0.115. The van der Waals surface area contributed by atoms with Crippen molar-refractivity contribution >= 4 is 17.9 Å². The van der Waals surface area contributed by atoms with E-state index in [1.54, 1.807) is 14.1 Å². The number of urea groups is 1. The van der Waals surface area contributed by atoms with E-state index in [4.69, 9.17) is 5.11 Å². The summed E-state index contributed by atoms with van der Waals surface area (Å²) in [6, 6.07) is -1.62. The van der Waals surface area contributed by atoms with Crippen molar-refractivity contribution in [3.05, 3.63) is 12.7 Å². The lowest BCUT2D eigenvalue weighted by molar-refractivity contribution is -0.139. The maximum Gasteiger partial charge on any atom is 0.326 e. The van der Waals surface area contributed by atoms with Crippen molar-refractivity contribution in [2.24, 2.45) is 0 Å². The van der Waals surface area contributed by atoms with Gasteiger partial charge in [-0.25, -0.2) is 9.59 Å². The summed E-state index contributed by atoms with van der Waals surface area (Å²) in [5.41, 5.74) is 0. The molecule has 0 spiro atoms. The first-order valence-corrected chi connectivity index (χ1v) is 5.46. The molecule has 7 nitrogen and oxygen atoms in total. The number of nitrogens with zero attached hydrogens (tertiary/aromatic N) is 1. The molecule has 0 saturated heterocycles. The molecule has 0 aromatic rings. The van der Waals surface area contributed by atoms with E-state index in [0.29, 0.717) is 0 Å². The number of nitrogens with one attached hydrogen (secondary N) is 2. The second-order valence-electron chi connectivity index (χ2n) is 3.85. The van der Waals surface area contributed by atoms with Crippen LogP contribution in [0.1, 0.15) is 12.8 Å². The molecule has 7 heteroatoms. The second-order valence-corrected chi connectivity index (χ2v) is 3.85. The zero-order valence-corrected chi connectivity index (χ0v) is 10.6. The van der Waals surface area contributed by atoms with E-state index in [1.807, 2.05) is 0 Å². The highest BCUT2D eigenvalue weighted by Crippen LogP contribution is 1.93. The smallest absolute Gasteiger partial charge is 0.326 e. The van der Waals surface area contributed by atoms with Gasteiger partial charge < -0.3 is 20.6 Å². The van der Waals surface area contributed by atoms with Crippen molar-refractivity contribution in [1.82, 2.24) is 15.5 Å². The summed E-state index contributed by atoms with van der Waals surface area (Å²) in [6.45, 7) is 3.57. The van der Waals surface area contributed by atoms with Crippen LogP contribution in [0.2, 0.25) is 0 Å². The van der Waals surface area contributed by atoms with Gasteiger partial charge in [0.05, 0.1) is 0 Å². The lowest BCUT2D eigenvalue weighted by Crippen LogP contribution is -2.46. The molecule has 0 bridgehead atoms. The molecule has 0 radical (unpaired) electrons. The van der Waals surface area contributed by atoms with Crippen LogP contribution in [-0.2, 0) is 9.59 Å². The van der Waals surface area contributed by atoms with Crippen LogP contribution in [0.15, 0.2) is 12.7 Å². The first-order valence-electron chi connectivity index (χ1n) is 5.46. The zero-order valence-electron chi connectivity index (χ0n) is 10.6. The molecular formula is C11H19N3O4. The number of carbonyl (C=O) groups is 3. The first kappa shape index (κ1) is 16.0. The highest BCUT2D eigenvalue weighted by Gasteiger charge is 2.17. The third-order valence-corrected chi connectivity index (χ3v) is 2.13. The van der Waals surface area contributed by atoms with Crippen LogP contribution in [0.4, 0.5) is 4.79 Å². The fourth-order valence-corrected chi connectivity index (χ4v) is 1.10. The highest BCUT2D eigenvalue weighted by molar-refractivity contribution is 5.83. The molecule has 3 N–H and O–H groups in total. The summed E-state index contributed by atoms with van der Waals surface area (Å²) in [4.78, 5) is 34.7. The Morgan fingerprint density at radius 1 is 1.39 bits per heavy atom. The Morgan fingerprint density at radius 2 is 2.00 bits per heavy atom. The number of amides is 3. The number of carboxylic acids is 1. The average molecular weight is 257 g/mol. The summed E-state index contributed by atoms with van der Waals surface area (Å²) < 4.78 is 0. The molecule has 0 fully saturated rings. The van der Waals surface area contributed by atoms with Gasteiger partial charge in [0.15, 0.2) is 0 Å². The van der Waals surface area contributed by atoms with Gasteiger partial charge in [-0.1, -0.05) is 6.08 Å². The largest absolute Gasteiger partial charge is 0.480 e. The molecule has 0 saturated carbocycles. The van der Waals surface area contributed by atoms with Gasteiger partial charge in [0.2, 0.25) is 5.91 Å². The normalized spacial score (nSPS) is 11.2. The van der Waals surface area contributed by atoms with E-state index in [1.165, 1.54) is 11.0 Å². The van der Waals surface area contributed by atoms with Gasteiger partial charge >= 0.3 is 12.0 Å². The molecule has 1 atom stereocenters. The van der Waals surface area contributed by atoms with Crippen LogP contribution in [0, 0.1) is 0 Å². The zero-order chi connectivity index (χ0) is 14.1. The van der Waals surface area contributed by atoms with Crippen molar-refractivity contribution in [3.8, 4) is 0 Å². The topological polar surface area (TPSA) is 98.7 Å². The molecule has 0 aromatic heterocycles. The van der Waals surface area contributed by atoms with Crippen molar-refractivity contribution in [2.45, 2.75) is 18.9 Å². The summed E-state index contributed by atoms with van der Waals surface area (Å²) in [5, 5.41) is 13.5. The van der Waals surface area contributed by atoms with Crippen LogP contribution in [0.25, 0.3) is 0 Å². The number of carboxylic acid groups (broad SMARTS) is 1. The van der Waals surface area contributed by atoms with Crippen molar-refractivity contribution in [1.29, 1.82) is 0 Å². The van der Waals surface area contributed by atoms with Crippen molar-refractivity contribution in [2.75, 3.05) is 20.6 Å². The van der Waals surface area contributed by atoms with Gasteiger partial charge in [0.25, 0.3) is 0 Å². The van der Waals surface area contributed by atoms with Crippen LogP contribution in [0.5, 0.6) is 0 Å². The van der Waals surface area contributed by atoms with E-state index in [2.05, 4.69) is 17.2 Å². The quantitative estimate of drug-likeness (QED) is 0.550. The minimum atomic E-state index is -1.13. The Kier molecular flexibility index (Phi) is 7.18. The fourth-order valence-electron chi connectivity index (χ4n) is 1.10. The molecule has 0 aromatic carbocycles. The van der Waals surface area contributed by atoms with Gasteiger partial charge in [-0.05, 0) is 6.42 Å². The second kappa shape index (κ2) is 8.10. The number of hydrogen-bond acceptors (Lipinski definition) is 3. The lowest BCUT2D eigenvalue weighted by atomic mass is 10.2. The molecule has 3 amide bonds.